The summed E-state index contributed by atoms with van der Waals surface area (Å²) < 4.78 is 26.2. The van der Waals surface area contributed by atoms with Crippen LogP contribution < -0.4 is 10.5 Å². The van der Waals surface area contributed by atoms with Crippen molar-refractivity contribution >= 4 is 15.8 Å². The molecule has 1 saturated carbocycles. The van der Waals surface area contributed by atoms with Crippen LogP contribution in [0.1, 0.15) is 12.8 Å². The van der Waals surface area contributed by atoms with Gasteiger partial charge in [-0.1, -0.05) is 0 Å². The Hall–Kier alpha value is -1.18. The van der Waals surface area contributed by atoms with Gasteiger partial charge >= 0.3 is 0 Å². The number of pyridine rings is 1. The lowest BCUT2D eigenvalue weighted by Gasteiger charge is -2.14. The molecule has 0 atom stereocenters. The highest BCUT2D eigenvalue weighted by Gasteiger charge is 2.45. The number of hydrogen-bond acceptors (Lipinski definition) is 5. The summed E-state index contributed by atoms with van der Waals surface area (Å²) in [5.74, 6) is 0.266. The van der Waals surface area contributed by atoms with Gasteiger partial charge in [0.2, 0.25) is 10.0 Å². The van der Waals surface area contributed by atoms with Crippen LogP contribution in [0.4, 0.5) is 5.82 Å². The highest BCUT2D eigenvalue weighted by atomic mass is 32.2. The van der Waals surface area contributed by atoms with Crippen molar-refractivity contribution in [3.8, 4) is 0 Å². The molecule has 16 heavy (non-hydrogen) atoms. The molecule has 1 heterocycles. The molecule has 1 aromatic rings. The number of anilines is 1. The first-order valence-corrected chi connectivity index (χ1v) is 6.32. The minimum Gasteiger partial charge on any atom is -0.394 e. The lowest BCUT2D eigenvalue weighted by Crippen LogP contribution is -2.39. The van der Waals surface area contributed by atoms with Gasteiger partial charge < -0.3 is 10.8 Å². The van der Waals surface area contributed by atoms with Crippen molar-refractivity contribution in [3.63, 3.8) is 0 Å². The van der Waals surface area contributed by atoms with E-state index in [4.69, 9.17) is 10.8 Å². The maximum Gasteiger partial charge on any atom is 0.242 e. The molecule has 1 fully saturated rings. The topological polar surface area (TPSA) is 105 Å². The zero-order valence-corrected chi connectivity index (χ0v) is 9.37. The van der Waals surface area contributed by atoms with E-state index in [1.54, 1.807) is 0 Å². The third-order valence-electron chi connectivity index (χ3n) is 2.58. The molecular weight excluding hydrogens is 230 g/mol. The van der Waals surface area contributed by atoms with Gasteiger partial charge in [-0.2, -0.15) is 0 Å². The normalized spacial score (nSPS) is 18.3. The number of aliphatic hydroxyl groups excluding tert-OH is 1. The summed E-state index contributed by atoms with van der Waals surface area (Å²) in [5.41, 5.74) is 4.70. The Morgan fingerprint density at radius 3 is 2.62 bits per heavy atom. The first-order chi connectivity index (χ1) is 7.47. The van der Waals surface area contributed by atoms with Crippen molar-refractivity contribution in [1.82, 2.24) is 9.71 Å². The standard InChI is InChI=1S/C9H13N3O3S/c10-8-2-1-7(5-11-8)16(14,15)12-9(6-13)3-4-9/h1-2,5,12-13H,3-4,6H2,(H2,10,11). The Kier molecular flexibility index (Phi) is 2.61. The van der Waals surface area contributed by atoms with E-state index in [2.05, 4.69) is 9.71 Å². The molecule has 7 heteroatoms. The molecule has 0 amide bonds. The molecule has 1 aliphatic carbocycles. The quantitative estimate of drug-likeness (QED) is 0.659. The second-order valence-electron chi connectivity index (χ2n) is 3.96. The van der Waals surface area contributed by atoms with Crippen molar-refractivity contribution in [1.29, 1.82) is 0 Å². The molecule has 0 radical (unpaired) electrons. The monoisotopic (exact) mass is 243 g/mol. The first-order valence-electron chi connectivity index (χ1n) is 4.84. The van der Waals surface area contributed by atoms with Gasteiger partial charge in [0.05, 0.1) is 12.1 Å². The second kappa shape index (κ2) is 3.69. The fraction of sp³-hybridized carbons (Fsp3) is 0.444. The molecule has 4 N–H and O–H groups in total. The molecule has 1 aliphatic rings. The smallest absolute Gasteiger partial charge is 0.242 e. The lowest BCUT2D eigenvalue weighted by molar-refractivity contribution is 0.246. The van der Waals surface area contributed by atoms with Crippen LogP contribution in [0.2, 0.25) is 0 Å². The van der Waals surface area contributed by atoms with Crippen molar-refractivity contribution in [2.24, 2.45) is 0 Å². The van der Waals surface area contributed by atoms with Gasteiger partial charge in [-0.25, -0.2) is 18.1 Å². The van der Waals surface area contributed by atoms with Crippen molar-refractivity contribution in [3.05, 3.63) is 18.3 Å². The number of aromatic nitrogens is 1. The average Bonchev–Trinajstić information content (AvgIpc) is 2.98. The third kappa shape index (κ3) is 2.16. The van der Waals surface area contributed by atoms with E-state index < -0.39 is 15.6 Å². The summed E-state index contributed by atoms with van der Waals surface area (Å²) in [4.78, 5) is 3.77. The van der Waals surface area contributed by atoms with E-state index in [0.717, 1.165) is 0 Å². The molecule has 0 unspecified atom stereocenters. The zero-order valence-electron chi connectivity index (χ0n) is 8.55. The predicted octanol–water partition coefficient (Wildman–Crippen LogP) is -0.533. The SMILES string of the molecule is Nc1ccc(S(=O)(=O)NC2(CO)CC2)cn1. The van der Waals surface area contributed by atoms with Crippen LogP contribution in [-0.4, -0.2) is 30.7 Å². The largest absolute Gasteiger partial charge is 0.394 e. The second-order valence-corrected chi connectivity index (χ2v) is 5.65. The number of nitrogens with zero attached hydrogens (tertiary/aromatic N) is 1. The summed E-state index contributed by atoms with van der Waals surface area (Å²) in [7, 11) is -3.61. The van der Waals surface area contributed by atoms with Gasteiger partial charge in [0.1, 0.15) is 10.7 Å². The van der Waals surface area contributed by atoms with Crippen LogP contribution in [-0.2, 0) is 10.0 Å². The van der Waals surface area contributed by atoms with Gasteiger partial charge in [-0.3, -0.25) is 0 Å². The molecule has 0 aromatic carbocycles. The van der Waals surface area contributed by atoms with Gasteiger partial charge in [-0.15, -0.1) is 0 Å². The number of nitrogens with two attached hydrogens (primary N) is 1. The van der Waals surface area contributed by atoms with Crippen LogP contribution >= 0.6 is 0 Å². The summed E-state index contributed by atoms with van der Waals surface area (Å²) in [5, 5.41) is 9.05. The summed E-state index contributed by atoms with van der Waals surface area (Å²) >= 11 is 0. The van der Waals surface area contributed by atoms with Crippen LogP contribution in [0, 0.1) is 0 Å². The molecular formula is C9H13N3O3S. The maximum absolute atomic E-state index is 11.9. The molecule has 6 nitrogen and oxygen atoms in total. The Balaban J connectivity index is 2.22. The van der Waals surface area contributed by atoms with E-state index in [1.165, 1.54) is 18.3 Å². The number of nitrogen functional groups attached to an aromatic ring is 1. The molecule has 0 spiro atoms. The number of nitrogens with one attached hydrogen (secondary N) is 1. The molecule has 0 saturated heterocycles. The van der Waals surface area contributed by atoms with E-state index in [9.17, 15) is 8.42 Å². The lowest BCUT2D eigenvalue weighted by atomic mass is 10.3. The molecule has 2 rings (SSSR count). The summed E-state index contributed by atoms with van der Waals surface area (Å²) in [6.07, 6.45) is 2.52. The van der Waals surface area contributed by atoms with Crippen LogP contribution in [0.5, 0.6) is 0 Å². The minimum absolute atomic E-state index is 0.0569. The fourth-order valence-corrected chi connectivity index (χ4v) is 2.73. The number of sulfonamides is 1. The zero-order chi connectivity index (χ0) is 11.8. The van der Waals surface area contributed by atoms with Gasteiger partial charge in [0, 0.05) is 6.20 Å². The Labute approximate surface area is 93.5 Å². The van der Waals surface area contributed by atoms with E-state index in [0.29, 0.717) is 12.8 Å². The Morgan fingerprint density at radius 2 is 2.19 bits per heavy atom. The first kappa shape index (κ1) is 11.3. The molecule has 0 aliphatic heterocycles. The van der Waals surface area contributed by atoms with E-state index in [1.807, 2.05) is 0 Å². The fourth-order valence-electron chi connectivity index (χ4n) is 1.34. The van der Waals surface area contributed by atoms with Gasteiger partial charge in [0.15, 0.2) is 0 Å². The van der Waals surface area contributed by atoms with Crippen LogP contribution in [0.25, 0.3) is 0 Å². The molecule has 88 valence electrons. The Morgan fingerprint density at radius 1 is 1.50 bits per heavy atom. The predicted molar refractivity (Wildman–Crippen MR) is 58.0 cm³/mol. The van der Waals surface area contributed by atoms with Crippen LogP contribution in [0.15, 0.2) is 23.2 Å². The highest BCUT2D eigenvalue weighted by Crippen LogP contribution is 2.36. The summed E-state index contributed by atoms with van der Waals surface area (Å²) in [6.45, 7) is -0.186. The third-order valence-corrected chi connectivity index (χ3v) is 4.14. The highest BCUT2D eigenvalue weighted by molar-refractivity contribution is 7.89. The average molecular weight is 243 g/mol. The van der Waals surface area contributed by atoms with Crippen molar-refractivity contribution < 1.29 is 13.5 Å². The van der Waals surface area contributed by atoms with Gasteiger partial charge in [-0.05, 0) is 25.0 Å². The number of hydrogen-bond donors (Lipinski definition) is 3. The molecule has 1 aromatic heterocycles. The number of aliphatic hydroxyl groups is 1. The maximum atomic E-state index is 11.9. The number of rotatable bonds is 4. The van der Waals surface area contributed by atoms with Gasteiger partial charge in [0.25, 0.3) is 0 Å². The van der Waals surface area contributed by atoms with E-state index >= 15 is 0 Å². The van der Waals surface area contributed by atoms with E-state index in [-0.39, 0.29) is 17.3 Å². The molecule has 0 bridgehead atoms. The Bertz CT molecular complexity index is 479. The van der Waals surface area contributed by atoms with Crippen LogP contribution in [0.3, 0.4) is 0 Å². The summed E-state index contributed by atoms with van der Waals surface area (Å²) in [6, 6.07) is 2.81. The minimum atomic E-state index is -3.61. The van der Waals surface area contributed by atoms with Crippen molar-refractivity contribution in [2.45, 2.75) is 23.3 Å². The van der Waals surface area contributed by atoms with Crippen molar-refractivity contribution in [2.75, 3.05) is 12.3 Å².